The van der Waals surface area contributed by atoms with Crippen molar-refractivity contribution in [2.24, 2.45) is 5.73 Å². The molecule has 0 aliphatic rings. The van der Waals surface area contributed by atoms with E-state index in [4.69, 9.17) is 5.73 Å². The zero-order valence-electron chi connectivity index (χ0n) is 10.0. The number of aryl methyl sites for hydroxylation is 3. The minimum absolute atomic E-state index is 0.499. The zero-order valence-corrected chi connectivity index (χ0v) is 11.7. The van der Waals surface area contributed by atoms with Crippen molar-refractivity contribution in [3.05, 3.63) is 28.7 Å². The molecule has 17 heavy (non-hydrogen) atoms. The quantitative estimate of drug-likeness (QED) is 0.924. The van der Waals surface area contributed by atoms with Crippen molar-refractivity contribution in [1.29, 1.82) is 0 Å². The highest BCUT2D eigenvalue weighted by molar-refractivity contribution is 8.00. The number of pyridine rings is 1. The molecule has 0 atom stereocenters. The number of aromatic nitrogens is 3. The van der Waals surface area contributed by atoms with Crippen LogP contribution < -0.4 is 5.73 Å². The third kappa shape index (κ3) is 2.83. The average Bonchev–Trinajstić information content (AvgIpc) is 2.63. The summed E-state index contributed by atoms with van der Waals surface area (Å²) in [5.74, 6) is 0.802. The maximum atomic E-state index is 5.77. The molecule has 0 aliphatic carbocycles. The molecule has 0 unspecified atom stereocenters. The zero-order chi connectivity index (χ0) is 12.4. The van der Waals surface area contributed by atoms with Crippen LogP contribution in [0.4, 0.5) is 0 Å². The predicted molar refractivity (Wildman–Crippen MR) is 70.4 cm³/mol. The highest BCUT2D eigenvalue weighted by atomic mass is 32.2. The first-order valence-corrected chi connectivity index (χ1v) is 6.84. The van der Waals surface area contributed by atoms with Crippen LogP contribution in [0.2, 0.25) is 0 Å². The number of nitrogens with two attached hydrogens (primary N) is 1. The van der Waals surface area contributed by atoms with Crippen molar-refractivity contribution < 1.29 is 0 Å². The summed E-state index contributed by atoms with van der Waals surface area (Å²) in [4.78, 5) is 8.86. The first-order valence-electron chi connectivity index (χ1n) is 5.25. The van der Waals surface area contributed by atoms with Gasteiger partial charge in [0.05, 0.1) is 0 Å². The summed E-state index contributed by atoms with van der Waals surface area (Å²) in [7, 11) is 0. The van der Waals surface area contributed by atoms with Gasteiger partial charge in [-0.1, -0.05) is 0 Å². The minimum Gasteiger partial charge on any atom is -0.326 e. The smallest absolute Gasteiger partial charge is 0.176 e. The molecule has 0 bridgehead atoms. The molecule has 0 spiro atoms. The van der Waals surface area contributed by atoms with E-state index < -0.39 is 0 Å². The van der Waals surface area contributed by atoms with Gasteiger partial charge in [0.1, 0.15) is 10.9 Å². The van der Waals surface area contributed by atoms with Gasteiger partial charge in [0.25, 0.3) is 0 Å². The van der Waals surface area contributed by atoms with Crippen LogP contribution in [-0.2, 0) is 6.54 Å². The van der Waals surface area contributed by atoms with Gasteiger partial charge in [-0.3, -0.25) is 0 Å². The number of hydrogen-bond donors (Lipinski definition) is 1. The predicted octanol–water partition coefficient (Wildman–Crippen LogP) is 2.47. The van der Waals surface area contributed by atoms with Crippen LogP contribution in [0.25, 0.3) is 0 Å². The van der Waals surface area contributed by atoms with Crippen LogP contribution in [0.5, 0.6) is 0 Å². The van der Waals surface area contributed by atoms with Crippen molar-refractivity contribution in [2.45, 2.75) is 36.7 Å². The summed E-state index contributed by atoms with van der Waals surface area (Å²) in [5.41, 5.74) is 9.05. The SMILES string of the molecule is Cc1cc(C)c(CN)c(Sc2nc(C)ns2)n1. The lowest BCUT2D eigenvalue weighted by Crippen LogP contribution is -2.04. The molecule has 0 radical (unpaired) electrons. The molecule has 2 aromatic rings. The van der Waals surface area contributed by atoms with Crippen molar-refractivity contribution in [2.75, 3.05) is 0 Å². The van der Waals surface area contributed by atoms with Crippen molar-refractivity contribution in [1.82, 2.24) is 14.3 Å². The maximum Gasteiger partial charge on any atom is 0.176 e. The molecule has 4 nitrogen and oxygen atoms in total. The molecule has 0 aliphatic heterocycles. The Labute approximate surface area is 109 Å². The number of hydrogen-bond acceptors (Lipinski definition) is 6. The Morgan fingerprint density at radius 1 is 1.29 bits per heavy atom. The fourth-order valence-electron chi connectivity index (χ4n) is 1.56. The normalized spacial score (nSPS) is 10.8. The standard InChI is InChI=1S/C11H14N4S2/c1-6-4-7(2)13-10(9(6)5-12)16-11-14-8(3)15-17-11/h4H,5,12H2,1-3H3. The van der Waals surface area contributed by atoms with Crippen LogP contribution >= 0.6 is 23.3 Å². The van der Waals surface area contributed by atoms with E-state index in [2.05, 4.69) is 27.3 Å². The van der Waals surface area contributed by atoms with E-state index >= 15 is 0 Å². The monoisotopic (exact) mass is 266 g/mol. The van der Waals surface area contributed by atoms with Gasteiger partial charge in [-0.25, -0.2) is 9.97 Å². The molecule has 0 amide bonds. The molecule has 2 rings (SSSR count). The van der Waals surface area contributed by atoms with E-state index in [0.29, 0.717) is 6.54 Å². The Morgan fingerprint density at radius 2 is 2.06 bits per heavy atom. The van der Waals surface area contributed by atoms with Gasteiger partial charge < -0.3 is 5.73 Å². The van der Waals surface area contributed by atoms with E-state index in [-0.39, 0.29) is 0 Å². The summed E-state index contributed by atoms with van der Waals surface area (Å²) in [6.45, 7) is 6.44. The Morgan fingerprint density at radius 3 is 2.65 bits per heavy atom. The third-order valence-electron chi connectivity index (χ3n) is 2.33. The molecule has 0 aromatic carbocycles. The average molecular weight is 266 g/mol. The first-order chi connectivity index (χ1) is 8.10. The third-order valence-corrected chi connectivity index (χ3v) is 4.21. The highest BCUT2D eigenvalue weighted by Crippen LogP contribution is 2.31. The molecule has 2 aromatic heterocycles. The van der Waals surface area contributed by atoms with Gasteiger partial charge in [-0.2, -0.15) is 4.37 Å². The van der Waals surface area contributed by atoms with Crippen molar-refractivity contribution in [3.63, 3.8) is 0 Å². The van der Waals surface area contributed by atoms with Crippen molar-refractivity contribution >= 4 is 23.3 Å². The molecule has 0 fully saturated rings. The lowest BCUT2D eigenvalue weighted by atomic mass is 10.1. The van der Waals surface area contributed by atoms with Crippen LogP contribution in [0.15, 0.2) is 15.4 Å². The van der Waals surface area contributed by atoms with Gasteiger partial charge in [-0.05, 0) is 55.7 Å². The van der Waals surface area contributed by atoms with Crippen LogP contribution in [0.1, 0.15) is 22.6 Å². The molecule has 0 saturated carbocycles. The maximum absolute atomic E-state index is 5.77. The second-order valence-electron chi connectivity index (χ2n) is 3.78. The molecule has 6 heteroatoms. The lowest BCUT2D eigenvalue weighted by Gasteiger charge is -2.09. The lowest BCUT2D eigenvalue weighted by molar-refractivity contribution is 0.921. The highest BCUT2D eigenvalue weighted by Gasteiger charge is 2.11. The minimum atomic E-state index is 0.499. The summed E-state index contributed by atoms with van der Waals surface area (Å²) in [6.07, 6.45) is 0. The Hall–Kier alpha value is -0.980. The summed E-state index contributed by atoms with van der Waals surface area (Å²) in [6, 6.07) is 2.05. The Bertz CT molecular complexity index is 536. The first kappa shape index (κ1) is 12.5. The molecular weight excluding hydrogens is 252 g/mol. The Kier molecular flexibility index (Phi) is 3.76. The van der Waals surface area contributed by atoms with E-state index in [0.717, 1.165) is 26.4 Å². The molecule has 0 saturated heterocycles. The summed E-state index contributed by atoms with van der Waals surface area (Å²) in [5, 5.41) is 0.946. The van der Waals surface area contributed by atoms with Crippen LogP contribution in [0, 0.1) is 20.8 Å². The summed E-state index contributed by atoms with van der Waals surface area (Å²) < 4.78 is 5.08. The molecule has 2 heterocycles. The van der Waals surface area contributed by atoms with Crippen molar-refractivity contribution in [3.8, 4) is 0 Å². The molecule has 90 valence electrons. The number of nitrogens with zero attached hydrogens (tertiary/aromatic N) is 3. The van der Waals surface area contributed by atoms with Gasteiger partial charge >= 0.3 is 0 Å². The molecule has 2 N–H and O–H groups in total. The topological polar surface area (TPSA) is 64.7 Å². The molecular formula is C11H14N4S2. The van der Waals surface area contributed by atoms with Gasteiger partial charge in [0.2, 0.25) is 0 Å². The van der Waals surface area contributed by atoms with E-state index in [9.17, 15) is 0 Å². The van der Waals surface area contributed by atoms with E-state index in [1.807, 2.05) is 13.8 Å². The Balaban J connectivity index is 2.37. The number of rotatable bonds is 3. The fourth-order valence-corrected chi connectivity index (χ4v) is 3.39. The van der Waals surface area contributed by atoms with Gasteiger partial charge in [0, 0.05) is 17.8 Å². The van der Waals surface area contributed by atoms with E-state index in [1.54, 1.807) is 11.8 Å². The van der Waals surface area contributed by atoms with Crippen LogP contribution in [-0.4, -0.2) is 14.3 Å². The second-order valence-corrected chi connectivity index (χ2v) is 5.77. The van der Waals surface area contributed by atoms with Gasteiger partial charge in [-0.15, -0.1) is 0 Å². The van der Waals surface area contributed by atoms with E-state index in [1.165, 1.54) is 17.1 Å². The summed E-state index contributed by atoms with van der Waals surface area (Å²) >= 11 is 2.94. The fraction of sp³-hybridized carbons (Fsp3) is 0.364. The van der Waals surface area contributed by atoms with Crippen LogP contribution in [0.3, 0.4) is 0 Å². The van der Waals surface area contributed by atoms with Gasteiger partial charge in [0.15, 0.2) is 4.34 Å². The largest absolute Gasteiger partial charge is 0.326 e. The second kappa shape index (κ2) is 5.12.